The van der Waals surface area contributed by atoms with Gasteiger partial charge in [0.2, 0.25) is 0 Å². The molecule has 1 aromatic rings. The molecule has 1 aromatic carbocycles. The van der Waals surface area contributed by atoms with E-state index in [4.69, 9.17) is 4.74 Å². The van der Waals surface area contributed by atoms with E-state index in [1.807, 2.05) is 0 Å². The van der Waals surface area contributed by atoms with Crippen molar-refractivity contribution in [3.05, 3.63) is 29.8 Å². The highest BCUT2D eigenvalue weighted by atomic mass is 19.4. The largest absolute Gasteiger partial charge is 0.479 e. The summed E-state index contributed by atoms with van der Waals surface area (Å²) in [6.45, 7) is 1.71. The fraction of sp³-hybridized carbons (Fsp3) is 0.417. The summed E-state index contributed by atoms with van der Waals surface area (Å²) in [5.41, 5.74) is -0.763. The third kappa shape index (κ3) is 3.65. The van der Waals surface area contributed by atoms with Crippen LogP contribution in [0.25, 0.3) is 0 Å². The molecule has 18 heavy (non-hydrogen) atoms. The molecule has 0 fully saturated rings. The average Bonchev–Trinajstić information content (AvgIpc) is 2.34. The molecular formula is C12H13F3O3. The van der Waals surface area contributed by atoms with Gasteiger partial charge in [-0.1, -0.05) is 6.92 Å². The molecule has 100 valence electrons. The van der Waals surface area contributed by atoms with Crippen LogP contribution in [0.2, 0.25) is 0 Å². The Bertz CT molecular complexity index is 398. The van der Waals surface area contributed by atoms with Gasteiger partial charge in [0, 0.05) is 0 Å². The molecule has 0 aliphatic heterocycles. The molecule has 0 heterocycles. The molecule has 3 nitrogen and oxygen atoms in total. The Labute approximate surface area is 103 Å². The second-order valence-electron chi connectivity index (χ2n) is 3.56. The van der Waals surface area contributed by atoms with Crippen LogP contribution in [-0.4, -0.2) is 19.2 Å². The van der Waals surface area contributed by atoms with Gasteiger partial charge in [0.05, 0.1) is 12.7 Å². The van der Waals surface area contributed by atoms with E-state index in [2.05, 4.69) is 4.74 Å². The SMILES string of the molecule is CCC(Oc1ccc(C(F)(F)F)cc1)C(=O)OC. The number of rotatable bonds is 4. The van der Waals surface area contributed by atoms with Crippen molar-refractivity contribution in [3.8, 4) is 5.75 Å². The van der Waals surface area contributed by atoms with Crippen molar-refractivity contribution in [1.29, 1.82) is 0 Å². The van der Waals surface area contributed by atoms with Crippen molar-refractivity contribution in [3.63, 3.8) is 0 Å². The molecule has 0 saturated heterocycles. The molecule has 0 N–H and O–H groups in total. The van der Waals surface area contributed by atoms with Crippen molar-refractivity contribution >= 4 is 5.97 Å². The lowest BCUT2D eigenvalue weighted by molar-refractivity contribution is -0.149. The molecule has 6 heteroatoms. The number of methoxy groups -OCH3 is 1. The normalized spacial score (nSPS) is 12.9. The number of carbonyl (C=O) groups is 1. The molecular weight excluding hydrogens is 249 g/mol. The first-order valence-electron chi connectivity index (χ1n) is 5.30. The molecule has 0 amide bonds. The zero-order valence-electron chi connectivity index (χ0n) is 9.95. The smallest absolute Gasteiger partial charge is 0.416 e. The fourth-order valence-electron chi connectivity index (χ4n) is 1.32. The molecule has 0 aliphatic rings. The summed E-state index contributed by atoms with van der Waals surface area (Å²) < 4.78 is 46.7. The first kappa shape index (κ1) is 14.3. The van der Waals surface area contributed by atoms with Crippen LogP contribution in [0.3, 0.4) is 0 Å². The number of hydrogen-bond donors (Lipinski definition) is 0. The van der Waals surface area contributed by atoms with Crippen LogP contribution < -0.4 is 4.74 Å². The maximum atomic E-state index is 12.3. The molecule has 0 aliphatic carbocycles. The van der Waals surface area contributed by atoms with Gasteiger partial charge in [-0.15, -0.1) is 0 Å². The van der Waals surface area contributed by atoms with Crippen LogP contribution in [-0.2, 0) is 15.7 Å². The van der Waals surface area contributed by atoms with Gasteiger partial charge < -0.3 is 9.47 Å². The highest BCUT2D eigenvalue weighted by Crippen LogP contribution is 2.30. The Balaban J connectivity index is 2.77. The summed E-state index contributed by atoms with van der Waals surface area (Å²) in [6.07, 6.45) is -4.83. The summed E-state index contributed by atoms with van der Waals surface area (Å²) in [5, 5.41) is 0. The lowest BCUT2D eigenvalue weighted by Gasteiger charge is -2.15. The van der Waals surface area contributed by atoms with E-state index in [0.29, 0.717) is 6.42 Å². The van der Waals surface area contributed by atoms with Crippen molar-refractivity contribution in [1.82, 2.24) is 0 Å². The maximum absolute atomic E-state index is 12.3. The lowest BCUT2D eigenvalue weighted by atomic mass is 10.2. The maximum Gasteiger partial charge on any atom is 0.416 e. The first-order valence-corrected chi connectivity index (χ1v) is 5.30. The van der Waals surface area contributed by atoms with Gasteiger partial charge in [0.15, 0.2) is 6.10 Å². The van der Waals surface area contributed by atoms with Gasteiger partial charge in [-0.3, -0.25) is 0 Å². The molecule has 1 unspecified atom stereocenters. The topological polar surface area (TPSA) is 35.5 Å². The van der Waals surface area contributed by atoms with Crippen LogP contribution in [0, 0.1) is 0 Å². The van der Waals surface area contributed by atoms with E-state index in [-0.39, 0.29) is 5.75 Å². The Morgan fingerprint density at radius 3 is 2.22 bits per heavy atom. The van der Waals surface area contributed by atoms with Gasteiger partial charge >= 0.3 is 12.1 Å². The zero-order valence-corrected chi connectivity index (χ0v) is 9.95. The predicted molar refractivity (Wildman–Crippen MR) is 58.2 cm³/mol. The number of carbonyl (C=O) groups excluding carboxylic acids is 1. The van der Waals surface area contributed by atoms with Crippen LogP contribution >= 0.6 is 0 Å². The summed E-state index contributed by atoms with van der Waals surface area (Å²) in [6, 6.07) is 4.15. The fourth-order valence-corrected chi connectivity index (χ4v) is 1.32. The standard InChI is InChI=1S/C12H13F3O3/c1-3-10(11(16)17-2)18-9-6-4-8(5-7-9)12(13,14)15/h4-7,10H,3H2,1-2H3. The summed E-state index contributed by atoms with van der Waals surface area (Å²) in [4.78, 5) is 11.2. The van der Waals surface area contributed by atoms with E-state index in [1.54, 1.807) is 6.92 Å². The highest BCUT2D eigenvalue weighted by Gasteiger charge is 2.30. The molecule has 0 bridgehead atoms. The number of benzene rings is 1. The van der Waals surface area contributed by atoms with Crippen molar-refractivity contribution in [2.75, 3.05) is 7.11 Å². The molecule has 1 atom stereocenters. The minimum atomic E-state index is -4.38. The summed E-state index contributed by atoms with van der Waals surface area (Å²) in [7, 11) is 1.22. The quantitative estimate of drug-likeness (QED) is 0.782. The highest BCUT2D eigenvalue weighted by molar-refractivity contribution is 5.74. The minimum Gasteiger partial charge on any atom is -0.479 e. The van der Waals surface area contributed by atoms with Crippen molar-refractivity contribution < 1.29 is 27.4 Å². The third-order valence-electron chi connectivity index (χ3n) is 2.29. The zero-order chi connectivity index (χ0) is 13.8. The summed E-state index contributed by atoms with van der Waals surface area (Å²) >= 11 is 0. The molecule has 0 saturated carbocycles. The number of esters is 1. The van der Waals surface area contributed by atoms with Gasteiger partial charge in [-0.25, -0.2) is 4.79 Å². The molecule has 0 spiro atoms. The molecule has 0 aromatic heterocycles. The van der Waals surface area contributed by atoms with E-state index in [1.165, 1.54) is 19.2 Å². The Hall–Kier alpha value is -1.72. The number of alkyl halides is 3. The van der Waals surface area contributed by atoms with E-state index < -0.39 is 23.8 Å². The monoisotopic (exact) mass is 262 g/mol. The van der Waals surface area contributed by atoms with Crippen LogP contribution in [0.15, 0.2) is 24.3 Å². The van der Waals surface area contributed by atoms with Gasteiger partial charge in [0.25, 0.3) is 0 Å². The Kier molecular flexibility index (Phi) is 4.58. The molecule has 1 rings (SSSR count). The number of halogens is 3. The van der Waals surface area contributed by atoms with Crippen LogP contribution in [0.4, 0.5) is 13.2 Å². The predicted octanol–water partition coefficient (Wildman–Crippen LogP) is 3.04. The average molecular weight is 262 g/mol. The minimum absolute atomic E-state index is 0.195. The third-order valence-corrected chi connectivity index (χ3v) is 2.29. The number of ether oxygens (including phenoxy) is 2. The Morgan fingerprint density at radius 1 is 1.28 bits per heavy atom. The first-order chi connectivity index (χ1) is 8.38. The molecule has 0 radical (unpaired) electrons. The van der Waals surface area contributed by atoms with E-state index in [9.17, 15) is 18.0 Å². The summed E-state index contributed by atoms with van der Waals surface area (Å²) in [5.74, 6) is -0.363. The van der Waals surface area contributed by atoms with Gasteiger partial charge in [-0.2, -0.15) is 13.2 Å². The lowest BCUT2D eigenvalue weighted by Crippen LogP contribution is -2.27. The second kappa shape index (κ2) is 5.75. The second-order valence-corrected chi connectivity index (χ2v) is 3.56. The van der Waals surface area contributed by atoms with Crippen molar-refractivity contribution in [2.45, 2.75) is 25.6 Å². The van der Waals surface area contributed by atoms with Crippen LogP contribution in [0.1, 0.15) is 18.9 Å². The Morgan fingerprint density at radius 2 is 1.83 bits per heavy atom. The van der Waals surface area contributed by atoms with E-state index >= 15 is 0 Å². The van der Waals surface area contributed by atoms with Gasteiger partial charge in [-0.05, 0) is 30.7 Å². The van der Waals surface area contributed by atoms with Crippen LogP contribution in [0.5, 0.6) is 5.75 Å². The van der Waals surface area contributed by atoms with E-state index in [0.717, 1.165) is 12.1 Å². The number of hydrogen-bond acceptors (Lipinski definition) is 3. The van der Waals surface area contributed by atoms with Crippen molar-refractivity contribution in [2.24, 2.45) is 0 Å². The van der Waals surface area contributed by atoms with Gasteiger partial charge in [0.1, 0.15) is 5.75 Å².